The van der Waals surface area contributed by atoms with Gasteiger partial charge >= 0.3 is 6.09 Å². The molecule has 4 nitrogen and oxygen atoms in total. The third-order valence-electron chi connectivity index (χ3n) is 3.17. The minimum absolute atomic E-state index is 0.259. The maximum absolute atomic E-state index is 12.0. The predicted octanol–water partition coefficient (Wildman–Crippen LogP) is 4.18. The Labute approximate surface area is 133 Å². The molecule has 0 aliphatic carbocycles. The molecule has 1 aliphatic heterocycles. The summed E-state index contributed by atoms with van der Waals surface area (Å²) in [5.74, 6) is 0.259. The van der Waals surface area contributed by atoms with Crippen LogP contribution in [0.5, 0.6) is 5.75 Å². The first-order valence-corrected chi connectivity index (χ1v) is 7.71. The Balaban J connectivity index is 2.08. The van der Waals surface area contributed by atoms with E-state index < -0.39 is 5.60 Å². The normalized spacial score (nSPS) is 15.6. The van der Waals surface area contributed by atoms with Gasteiger partial charge in [0, 0.05) is 23.1 Å². The number of hydrogen-bond acceptors (Lipinski definition) is 3. The molecule has 0 atom stereocenters. The van der Waals surface area contributed by atoms with Gasteiger partial charge in [-0.15, -0.1) is 0 Å². The maximum Gasteiger partial charge on any atom is 0.410 e. The van der Waals surface area contributed by atoms with Crippen molar-refractivity contribution < 1.29 is 14.6 Å². The molecular weight excluding hydrogens is 334 g/mol. The minimum Gasteiger partial charge on any atom is -0.507 e. The van der Waals surface area contributed by atoms with E-state index in [1.54, 1.807) is 17.0 Å². The fourth-order valence-electron chi connectivity index (χ4n) is 2.17. The zero-order valence-electron chi connectivity index (χ0n) is 12.5. The van der Waals surface area contributed by atoms with E-state index in [0.29, 0.717) is 19.5 Å². The highest BCUT2D eigenvalue weighted by Crippen LogP contribution is 2.32. The molecule has 0 aromatic heterocycles. The van der Waals surface area contributed by atoms with Gasteiger partial charge in [0.05, 0.1) is 0 Å². The predicted molar refractivity (Wildman–Crippen MR) is 86.2 cm³/mol. The molecule has 21 heavy (non-hydrogen) atoms. The zero-order valence-corrected chi connectivity index (χ0v) is 14.1. The van der Waals surface area contributed by atoms with Gasteiger partial charge in [0.2, 0.25) is 0 Å². The van der Waals surface area contributed by atoms with Crippen LogP contribution in [0.3, 0.4) is 0 Å². The highest BCUT2D eigenvalue weighted by atomic mass is 79.9. The fourth-order valence-corrected chi connectivity index (χ4v) is 2.53. The van der Waals surface area contributed by atoms with E-state index in [-0.39, 0.29) is 11.8 Å². The molecule has 2 rings (SSSR count). The lowest BCUT2D eigenvalue weighted by molar-refractivity contribution is 0.0270. The van der Waals surface area contributed by atoms with Crippen LogP contribution >= 0.6 is 15.9 Å². The highest BCUT2D eigenvalue weighted by Gasteiger charge is 2.24. The Morgan fingerprint density at radius 3 is 2.67 bits per heavy atom. The summed E-state index contributed by atoms with van der Waals surface area (Å²) in [6, 6.07) is 5.36. The number of phenols is 1. The van der Waals surface area contributed by atoms with Gasteiger partial charge in [-0.05, 0) is 51.0 Å². The number of hydrogen-bond donors (Lipinski definition) is 1. The molecule has 5 heteroatoms. The lowest BCUT2D eigenvalue weighted by atomic mass is 9.99. The summed E-state index contributed by atoms with van der Waals surface area (Å²) in [6.07, 6.45) is 2.37. The van der Waals surface area contributed by atoms with E-state index in [4.69, 9.17) is 4.74 Å². The number of carbonyl (C=O) groups excluding carboxylic acids is 1. The Morgan fingerprint density at radius 1 is 1.38 bits per heavy atom. The number of carbonyl (C=O) groups is 1. The average molecular weight is 354 g/mol. The third kappa shape index (κ3) is 4.24. The van der Waals surface area contributed by atoms with Crippen LogP contribution in [0, 0.1) is 0 Å². The summed E-state index contributed by atoms with van der Waals surface area (Å²) in [4.78, 5) is 13.7. The van der Waals surface area contributed by atoms with Crippen molar-refractivity contribution in [1.82, 2.24) is 4.90 Å². The standard InChI is InChI=1S/C16H20BrNO3/c1-16(2,3)21-15(20)18-8-6-11(7-9-18)13-10-12(17)4-5-14(13)19/h4-6,10,19H,7-9H2,1-3H3. The molecule has 1 amide bonds. The molecule has 0 fully saturated rings. The first-order chi connectivity index (χ1) is 9.76. The summed E-state index contributed by atoms with van der Waals surface area (Å²) in [7, 11) is 0. The van der Waals surface area contributed by atoms with Gasteiger partial charge in [-0.25, -0.2) is 4.79 Å². The Hall–Kier alpha value is -1.49. The summed E-state index contributed by atoms with van der Waals surface area (Å²) < 4.78 is 6.28. The highest BCUT2D eigenvalue weighted by molar-refractivity contribution is 9.10. The van der Waals surface area contributed by atoms with Gasteiger partial charge in [0.25, 0.3) is 0 Å². The average Bonchev–Trinajstić information content (AvgIpc) is 2.40. The van der Waals surface area contributed by atoms with Crippen molar-refractivity contribution in [2.45, 2.75) is 32.8 Å². The molecule has 0 saturated heterocycles. The van der Waals surface area contributed by atoms with Crippen molar-refractivity contribution in [3.63, 3.8) is 0 Å². The second-order valence-electron chi connectivity index (χ2n) is 6.07. The smallest absolute Gasteiger partial charge is 0.410 e. The molecular formula is C16H20BrNO3. The minimum atomic E-state index is -0.483. The van der Waals surface area contributed by atoms with E-state index in [1.807, 2.05) is 32.9 Å². The number of aromatic hydroxyl groups is 1. The molecule has 1 aromatic carbocycles. The summed E-state index contributed by atoms with van der Waals surface area (Å²) in [6.45, 7) is 6.66. The lowest BCUT2D eigenvalue weighted by Crippen LogP contribution is -2.39. The molecule has 1 aliphatic rings. The third-order valence-corrected chi connectivity index (χ3v) is 3.66. The first kappa shape index (κ1) is 15.9. The Bertz CT molecular complexity index is 575. The second-order valence-corrected chi connectivity index (χ2v) is 6.98. The van der Waals surface area contributed by atoms with Crippen LogP contribution in [0.25, 0.3) is 5.57 Å². The second kappa shape index (κ2) is 6.10. The van der Waals surface area contributed by atoms with E-state index in [9.17, 15) is 9.90 Å². The van der Waals surface area contributed by atoms with Crippen LogP contribution in [-0.2, 0) is 4.74 Å². The summed E-state index contributed by atoms with van der Waals surface area (Å²) >= 11 is 3.41. The number of phenolic OH excluding ortho intramolecular Hbond substituents is 1. The van der Waals surface area contributed by atoms with Gasteiger partial charge in [-0.2, -0.15) is 0 Å². The van der Waals surface area contributed by atoms with Crippen LogP contribution < -0.4 is 0 Å². The van der Waals surface area contributed by atoms with Crippen molar-refractivity contribution in [2.24, 2.45) is 0 Å². The van der Waals surface area contributed by atoms with E-state index >= 15 is 0 Å². The van der Waals surface area contributed by atoms with Crippen molar-refractivity contribution in [2.75, 3.05) is 13.1 Å². The van der Waals surface area contributed by atoms with Gasteiger partial charge in [0.1, 0.15) is 11.4 Å². The number of benzene rings is 1. The van der Waals surface area contributed by atoms with E-state index in [2.05, 4.69) is 15.9 Å². The van der Waals surface area contributed by atoms with Crippen LogP contribution in [0.2, 0.25) is 0 Å². The van der Waals surface area contributed by atoms with Crippen LogP contribution in [-0.4, -0.2) is 34.8 Å². The van der Waals surface area contributed by atoms with Gasteiger partial charge in [0.15, 0.2) is 0 Å². The van der Waals surface area contributed by atoms with E-state index in [0.717, 1.165) is 15.6 Å². The number of ether oxygens (including phenoxy) is 1. The van der Waals surface area contributed by atoms with E-state index in [1.165, 1.54) is 0 Å². The molecule has 114 valence electrons. The zero-order chi connectivity index (χ0) is 15.6. The summed E-state index contributed by atoms with van der Waals surface area (Å²) in [5, 5.41) is 9.95. The maximum atomic E-state index is 12.0. The topological polar surface area (TPSA) is 49.8 Å². The Kier molecular flexibility index (Phi) is 4.61. The van der Waals surface area contributed by atoms with Crippen LogP contribution in [0.1, 0.15) is 32.8 Å². The van der Waals surface area contributed by atoms with Crippen LogP contribution in [0.4, 0.5) is 4.79 Å². The molecule has 1 aromatic rings. The van der Waals surface area contributed by atoms with Gasteiger partial charge < -0.3 is 14.7 Å². The van der Waals surface area contributed by atoms with Crippen molar-refractivity contribution in [1.29, 1.82) is 0 Å². The molecule has 0 unspecified atom stereocenters. The number of amides is 1. The Morgan fingerprint density at radius 2 is 2.10 bits per heavy atom. The number of halogens is 1. The van der Waals surface area contributed by atoms with Crippen LogP contribution in [0.15, 0.2) is 28.7 Å². The van der Waals surface area contributed by atoms with Crippen molar-refractivity contribution in [3.8, 4) is 5.75 Å². The lowest BCUT2D eigenvalue weighted by Gasteiger charge is -2.29. The monoisotopic (exact) mass is 353 g/mol. The molecule has 0 bridgehead atoms. The largest absolute Gasteiger partial charge is 0.507 e. The van der Waals surface area contributed by atoms with Crippen molar-refractivity contribution in [3.05, 3.63) is 34.3 Å². The molecule has 0 radical (unpaired) electrons. The summed E-state index contributed by atoms with van der Waals surface area (Å²) in [5.41, 5.74) is 1.38. The molecule has 0 saturated carbocycles. The fraction of sp³-hybridized carbons (Fsp3) is 0.438. The van der Waals surface area contributed by atoms with Gasteiger partial charge in [-0.3, -0.25) is 0 Å². The molecule has 1 N–H and O–H groups in total. The quantitative estimate of drug-likeness (QED) is 0.823. The molecule has 0 spiro atoms. The molecule has 1 heterocycles. The first-order valence-electron chi connectivity index (χ1n) is 6.92. The SMILES string of the molecule is CC(C)(C)OC(=O)N1CC=C(c2cc(Br)ccc2O)CC1. The number of nitrogens with zero attached hydrogens (tertiary/aromatic N) is 1. The number of rotatable bonds is 1. The van der Waals surface area contributed by atoms with Gasteiger partial charge in [-0.1, -0.05) is 22.0 Å². The van der Waals surface area contributed by atoms with Crippen molar-refractivity contribution >= 4 is 27.6 Å².